The van der Waals surface area contributed by atoms with Gasteiger partial charge in [0.2, 0.25) is 0 Å². The van der Waals surface area contributed by atoms with Crippen molar-refractivity contribution < 1.29 is 14.6 Å². The highest BCUT2D eigenvalue weighted by atomic mass is 16.5. The van der Waals surface area contributed by atoms with Gasteiger partial charge in [0.25, 0.3) is 0 Å². The molecule has 0 saturated heterocycles. The largest absolute Gasteiger partial charge is 0.492 e. The van der Waals surface area contributed by atoms with Crippen LogP contribution in [0.2, 0.25) is 0 Å². The van der Waals surface area contributed by atoms with Crippen LogP contribution in [0.3, 0.4) is 0 Å². The molecule has 2 aliphatic rings. The summed E-state index contributed by atoms with van der Waals surface area (Å²) in [5.41, 5.74) is 5.65. The minimum Gasteiger partial charge on any atom is -0.492 e. The first-order chi connectivity index (χ1) is 13.1. The van der Waals surface area contributed by atoms with Crippen molar-refractivity contribution in [2.45, 2.75) is 19.4 Å². The summed E-state index contributed by atoms with van der Waals surface area (Å²) < 4.78 is 7.85. The minimum absolute atomic E-state index is 0.185. The summed E-state index contributed by atoms with van der Waals surface area (Å²) in [5, 5.41) is 9.25. The summed E-state index contributed by atoms with van der Waals surface area (Å²) in [7, 11) is 0. The number of ether oxygens (including phenoxy) is 1. The fourth-order valence-corrected chi connectivity index (χ4v) is 4.17. The van der Waals surface area contributed by atoms with Crippen LogP contribution in [0.25, 0.3) is 22.4 Å². The van der Waals surface area contributed by atoms with E-state index in [1.54, 1.807) is 0 Å². The number of benzene rings is 2. The number of rotatable bonds is 2. The van der Waals surface area contributed by atoms with E-state index in [1.165, 1.54) is 23.4 Å². The van der Waals surface area contributed by atoms with Crippen LogP contribution in [0.1, 0.15) is 21.5 Å². The number of fused-ring (bicyclic) bond motifs is 5. The van der Waals surface area contributed by atoms with Gasteiger partial charge in [0, 0.05) is 41.9 Å². The van der Waals surface area contributed by atoms with Gasteiger partial charge in [-0.05, 0) is 23.6 Å². The summed E-state index contributed by atoms with van der Waals surface area (Å²) in [6.45, 7) is 1.32. The SMILES string of the molecule is O=C(O)c1cn2c(cc1=O)-c1cc(-c3ccccc3)c3c(c1CC2)CCO3. The van der Waals surface area contributed by atoms with E-state index in [4.69, 9.17) is 4.74 Å². The van der Waals surface area contributed by atoms with E-state index in [0.717, 1.165) is 41.0 Å². The zero-order valence-electron chi connectivity index (χ0n) is 14.6. The lowest BCUT2D eigenvalue weighted by Crippen LogP contribution is -2.22. The third-order valence-electron chi connectivity index (χ3n) is 5.42. The number of carbonyl (C=O) groups is 1. The molecule has 5 heteroatoms. The highest BCUT2D eigenvalue weighted by Gasteiger charge is 2.28. The second-order valence-corrected chi connectivity index (χ2v) is 6.91. The Labute approximate surface area is 155 Å². The van der Waals surface area contributed by atoms with Crippen LogP contribution in [-0.4, -0.2) is 22.2 Å². The standard InChI is InChI=1S/C22H17NO4/c24-20-11-19-17-10-16(13-4-2-1-3-5-13)21-15(7-9-27-21)14(17)6-8-23(19)12-18(20)22(25)26/h1-5,10-12H,6-9H2,(H,25,26). The molecule has 1 aromatic heterocycles. The molecule has 134 valence electrons. The van der Waals surface area contributed by atoms with Gasteiger partial charge < -0.3 is 14.4 Å². The molecule has 5 nitrogen and oxygen atoms in total. The summed E-state index contributed by atoms with van der Waals surface area (Å²) in [6.07, 6.45) is 3.12. The number of carboxylic acids is 1. The van der Waals surface area contributed by atoms with Crippen molar-refractivity contribution in [2.75, 3.05) is 6.61 Å². The molecular formula is C22H17NO4. The summed E-state index contributed by atoms with van der Waals surface area (Å²) >= 11 is 0. The first-order valence-electron chi connectivity index (χ1n) is 8.98. The molecule has 0 unspecified atom stereocenters. The Morgan fingerprint density at radius 2 is 1.85 bits per heavy atom. The van der Waals surface area contributed by atoms with E-state index < -0.39 is 11.4 Å². The maximum absolute atomic E-state index is 12.3. The highest BCUT2D eigenvalue weighted by Crippen LogP contribution is 2.45. The Balaban J connectivity index is 1.79. The quantitative estimate of drug-likeness (QED) is 0.762. The molecule has 0 atom stereocenters. The summed E-state index contributed by atoms with van der Waals surface area (Å²) in [4.78, 5) is 23.6. The molecule has 0 fully saturated rings. The van der Waals surface area contributed by atoms with E-state index in [9.17, 15) is 14.7 Å². The Morgan fingerprint density at radius 3 is 2.63 bits per heavy atom. The lowest BCUT2D eigenvalue weighted by atomic mass is 9.87. The van der Waals surface area contributed by atoms with Gasteiger partial charge in [-0.25, -0.2) is 4.79 Å². The highest BCUT2D eigenvalue weighted by molar-refractivity contribution is 5.88. The number of aromatic carboxylic acids is 1. The molecule has 0 bridgehead atoms. The first kappa shape index (κ1) is 15.9. The maximum Gasteiger partial charge on any atom is 0.341 e. The molecule has 0 saturated carbocycles. The predicted octanol–water partition coefficient (Wildman–Crippen LogP) is 3.37. The molecule has 3 heterocycles. The van der Waals surface area contributed by atoms with Crippen LogP contribution in [0.4, 0.5) is 0 Å². The molecule has 2 aliphatic heterocycles. The number of nitrogens with zero attached hydrogens (tertiary/aromatic N) is 1. The number of aryl methyl sites for hydroxylation is 1. The van der Waals surface area contributed by atoms with Crippen LogP contribution in [0.15, 0.2) is 53.5 Å². The number of aromatic nitrogens is 1. The lowest BCUT2D eigenvalue weighted by molar-refractivity contribution is 0.0694. The summed E-state index contributed by atoms with van der Waals surface area (Å²) in [5.74, 6) is -0.244. The molecule has 2 aromatic carbocycles. The Morgan fingerprint density at radius 1 is 1.04 bits per heavy atom. The van der Waals surface area contributed by atoms with Crippen molar-refractivity contribution in [1.82, 2.24) is 4.57 Å². The number of pyridine rings is 1. The zero-order chi connectivity index (χ0) is 18.5. The Bertz CT molecular complexity index is 1150. The second kappa shape index (κ2) is 5.84. The van der Waals surface area contributed by atoms with Crippen LogP contribution in [0, 0.1) is 0 Å². The van der Waals surface area contributed by atoms with Crippen molar-refractivity contribution >= 4 is 5.97 Å². The molecule has 1 N–H and O–H groups in total. The Hall–Kier alpha value is -3.34. The molecule has 3 aromatic rings. The fraction of sp³-hybridized carbons (Fsp3) is 0.182. The van der Waals surface area contributed by atoms with Gasteiger partial charge in [-0.1, -0.05) is 30.3 Å². The smallest absolute Gasteiger partial charge is 0.341 e. The van der Waals surface area contributed by atoms with Gasteiger partial charge >= 0.3 is 5.97 Å². The predicted molar refractivity (Wildman–Crippen MR) is 101 cm³/mol. The number of hydrogen-bond donors (Lipinski definition) is 1. The van der Waals surface area contributed by atoms with E-state index in [0.29, 0.717) is 13.2 Å². The third kappa shape index (κ3) is 2.39. The van der Waals surface area contributed by atoms with E-state index in [-0.39, 0.29) is 5.56 Å². The van der Waals surface area contributed by atoms with Gasteiger partial charge in [0.05, 0.1) is 12.3 Å². The van der Waals surface area contributed by atoms with Crippen LogP contribution in [0.5, 0.6) is 5.75 Å². The molecule has 0 amide bonds. The monoisotopic (exact) mass is 359 g/mol. The van der Waals surface area contributed by atoms with Gasteiger partial charge in [0.15, 0.2) is 5.43 Å². The van der Waals surface area contributed by atoms with Gasteiger partial charge in [0.1, 0.15) is 11.3 Å². The van der Waals surface area contributed by atoms with Crippen molar-refractivity contribution in [3.63, 3.8) is 0 Å². The van der Waals surface area contributed by atoms with Gasteiger partial charge in [-0.2, -0.15) is 0 Å². The average Bonchev–Trinajstić information content (AvgIpc) is 3.17. The zero-order valence-corrected chi connectivity index (χ0v) is 14.6. The summed E-state index contributed by atoms with van der Waals surface area (Å²) in [6, 6.07) is 13.6. The molecule has 0 spiro atoms. The topological polar surface area (TPSA) is 68.5 Å². The number of carboxylic acid groups (broad SMARTS) is 1. The fourth-order valence-electron chi connectivity index (χ4n) is 4.17. The van der Waals surface area contributed by atoms with Crippen molar-refractivity contribution in [1.29, 1.82) is 0 Å². The first-order valence-corrected chi connectivity index (χ1v) is 8.98. The van der Waals surface area contributed by atoms with Gasteiger partial charge in [-0.15, -0.1) is 0 Å². The van der Waals surface area contributed by atoms with Crippen LogP contribution >= 0.6 is 0 Å². The molecule has 0 radical (unpaired) electrons. The lowest BCUT2D eigenvalue weighted by Gasteiger charge is -2.25. The van der Waals surface area contributed by atoms with Crippen LogP contribution < -0.4 is 10.2 Å². The molecular weight excluding hydrogens is 342 g/mol. The van der Waals surface area contributed by atoms with Crippen molar-refractivity contribution in [3.05, 3.63) is 75.6 Å². The van der Waals surface area contributed by atoms with Crippen LogP contribution in [-0.2, 0) is 19.4 Å². The third-order valence-corrected chi connectivity index (χ3v) is 5.42. The Kier molecular flexibility index (Phi) is 3.44. The second-order valence-electron chi connectivity index (χ2n) is 6.91. The molecule has 0 aliphatic carbocycles. The minimum atomic E-state index is -1.19. The van der Waals surface area contributed by atoms with Crippen molar-refractivity contribution in [3.8, 4) is 28.1 Å². The van der Waals surface area contributed by atoms with E-state index >= 15 is 0 Å². The normalized spacial score (nSPS) is 14.1. The van der Waals surface area contributed by atoms with Gasteiger partial charge in [-0.3, -0.25) is 4.79 Å². The maximum atomic E-state index is 12.3. The molecule has 27 heavy (non-hydrogen) atoms. The average molecular weight is 359 g/mol. The van der Waals surface area contributed by atoms with E-state index in [2.05, 4.69) is 6.07 Å². The van der Waals surface area contributed by atoms with Crippen molar-refractivity contribution in [2.24, 2.45) is 0 Å². The van der Waals surface area contributed by atoms with E-state index in [1.807, 2.05) is 34.9 Å². The molecule has 5 rings (SSSR count). The number of hydrogen-bond acceptors (Lipinski definition) is 3.